The van der Waals surface area contributed by atoms with E-state index in [1.807, 2.05) is 11.3 Å². The topological polar surface area (TPSA) is 15.3 Å². The van der Waals surface area contributed by atoms with Crippen LogP contribution in [0.25, 0.3) is 0 Å². The second-order valence-electron chi connectivity index (χ2n) is 4.85. The predicted molar refractivity (Wildman–Crippen MR) is 75.7 cm³/mol. The van der Waals surface area contributed by atoms with E-state index in [2.05, 4.69) is 28.6 Å². The Morgan fingerprint density at radius 1 is 1.35 bits per heavy atom. The highest BCUT2D eigenvalue weighted by molar-refractivity contribution is 7.10. The Hall–Kier alpha value is -0.380. The second kappa shape index (κ2) is 7.14. The molecule has 0 saturated carbocycles. The number of unbranched alkanes of at least 4 members (excludes halogenated alkanes) is 1. The quantitative estimate of drug-likeness (QED) is 0.751. The van der Waals surface area contributed by atoms with Crippen LogP contribution >= 0.6 is 11.3 Å². The zero-order valence-corrected chi connectivity index (χ0v) is 11.7. The van der Waals surface area contributed by atoms with Gasteiger partial charge in [0, 0.05) is 18.0 Å². The molecule has 1 aliphatic heterocycles. The summed E-state index contributed by atoms with van der Waals surface area (Å²) >= 11 is 1.93. The second-order valence-corrected chi connectivity index (χ2v) is 5.85. The van der Waals surface area contributed by atoms with E-state index in [0.29, 0.717) is 0 Å². The van der Waals surface area contributed by atoms with E-state index < -0.39 is 0 Å². The van der Waals surface area contributed by atoms with E-state index in [0.717, 1.165) is 0 Å². The van der Waals surface area contributed by atoms with Crippen LogP contribution in [-0.2, 0) is 13.0 Å². The van der Waals surface area contributed by atoms with E-state index in [1.165, 1.54) is 58.4 Å². The van der Waals surface area contributed by atoms with Gasteiger partial charge < -0.3 is 5.32 Å². The number of rotatable bonds is 7. The largest absolute Gasteiger partial charge is 0.317 e. The van der Waals surface area contributed by atoms with Gasteiger partial charge in [0.15, 0.2) is 0 Å². The van der Waals surface area contributed by atoms with Crippen molar-refractivity contribution in [2.24, 2.45) is 0 Å². The van der Waals surface area contributed by atoms with Crippen molar-refractivity contribution < 1.29 is 0 Å². The average Bonchev–Trinajstić information content (AvgIpc) is 2.81. The molecule has 1 aromatic heterocycles. The van der Waals surface area contributed by atoms with E-state index >= 15 is 0 Å². The molecule has 1 N–H and O–H groups in total. The minimum Gasteiger partial charge on any atom is -0.317 e. The van der Waals surface area contributed by atoms with Gasteiger partial charge in [0.2, 0.25) is 0 Å². The molecule has 0 aromatic carbocycles. The van der Waals surface area contributed by atoms with Crippen LogP contribution in [-0.4, -0.2) is 31.1 Å². The summed E-state index contributed by atoms with van der Waals surface area (Å²) in [6.45, 7) is 8.28. The normalized spacial score (nSPS) is 16.1. The van der Waals surface area contributed by atoms with Crippen molar-refractivity contribution in [3.05, 3.63) is 21.9 Å². The lowest BCUT2D eigenvalue weighted by Gasteiger charge is -2.26. The fourth-order valence-electron chi connectivity index (χ4n) is 2.38. The standard InChI is InChI=1S/C14H24N2S/c1-2-7-15-8-3-4-9-16-10-5-14-13(12-16)6-11-17-14/h6,11,15H,2-5,7-10,12H2,1H3. The molecule has 3 heteroatoms. The van der Waals surface area contributed by atoms with E-state index in [9.17, 15) is 0 Å². The molecule has 0 spiro atoms. The first kappa shape index (κ1) is 13.1. The number of fused-ring (bicyclic) bond motifs is 1. The van der Waals surface area contributed by atoms with Gasteiger partial charge in [-0.2, -0.15) is 0 Å². The molecule has 0 unspecified atom stereocenters. The van der Waals surface area contributed by atoms with Gasteiger partial charge in [0.25, 0.3) is 0 Å². The fourth-order valence-corrected chi connectivity index (χ4v) is 3.27. The molecule has 0 atom stereocenters. The molecule has 2 heterocycles. The monoisotopic (exact) mass is 252 g/mol. The molecule has 0 radical (unpaired) electrons. The van der Waals surface area contributed by atoms with Gasteiger partial charge >= 0.3 is 0 Å². The van der Waals surface area contributed by atoms with Crippen molar-refractivity contribution in [1.29, 1.82) is 0 Å². The van der Waals surface area contributed by atoms with Crippen LogP contribution < -0.4 is 5.32 Å². The molecule has 0 aliphatic carbocycles. The van der Waals surface area contributed by atoms with Gasteiger partial charge in [-0.05, 0) is 62.3 Å². The third-order valence-corrected chi connectivity index (χ3v) is 4.41. The van der Waals surface area contributed by atoms with Crippen molar-refractivity contribution in [3.63, 3.8) is 0 Å². The van der Waals surface area contributed by atoms with Gasteiger partial charge in [-0.1, -0.05) is 6.92 Å². The van der Waals surface area contributed by atoms with E-state index in [1.54, 1.807) is 10.4 Å². The fraction of sp³-hybridized carbons (Fsp3) is 0.714. The van der Waals surface area contributed by atoms with Crippen LogP contribution in [0, 0.1) is 0 Å². The van der Waals surface area contributed by atoms with Crippen LogP contribution in [0.5, 0.6) is 0 Å². The Balaban J connectivity index is 1.59. The van der Waals surface area contributed by atoms with Gasteiger partial charge in [0.1, 0.15) is 0 Å². The third-order valence-electron chi connectivity index (χ3n) is 3.39. The lowest BCUT2D eigenvalue weighted by Crippen LogP contribution is -2.30. The van der Waals surface area contributed by atoms with Crippen LogP contribution in [0.1, 0.15) is 36.6 Å². The molecule has 0 bridgehead atoms. The van der Waals surface area contributed by atoms with Gasteiger partial charge in [-0.15, -0.1) is 11.3 Å². The lowest BCUT2D eigenvalue weighted by atomic mass is 10.1. The molecule has 0 amide bonds. The summed E-state index contributed by atoms with van der Waals surface area (Å²) in [5.41, 5.74) is 1.57. The highest BCUT2D eigenvalue weighted by atomic mass is 32.1. The first-order chi connectivity index (χ1) is 8.40. The van der Waals surface area contributed by atoms with Crippen molar-refractivity contribution in [2.45, 2.75) is 39.2 Å². The summed E-state index contributed by atoms with van der Waals surface area (Å²) in [6.07, 6.45) is 5.15. The van der Waals surface area contributed by atoms with Crippen molar-refractivity contribution in [3.8, 4) is 0 Å². The van der Waals surface area contributed by atoms with Gasteiger partial charge in [-0.25, -0.2) is 0 Å². The SMILES string of the molecule is CCCNCCCCN1CCc2sccc2C1. The Labute approximate surface area is 109 Å². The number of thiophene rings is 1. The Kier molecular flexibility index (Phi) is 5.49. The summed E-state index contributed by atoms with van der Waals surface area (Å²) < 4.78 is 0. The Morgan fingerprint density at radius 2 is 2.29 bits per heavy atom. The molecule has 0 fully saturated rings. The summed E-state index contributed by atoms with van der Waals surface area (Å²) in [6, 6.07) is 2.30. The molecular formula is C14H24N2S. The molecule has 0 saturated heterocycles. The van der Waals surface area contributed by atoms with Crippen molar-refractivity contribution in [1.82, 2.24) is 10.2 Å². The first-order valence-corrected chi connectivity index (χ1v) is 7.76. The Morgan fingerprint density at radius 3 is 3.18 bits per heavy atom. The summed E-state index contributed by atoms with van der Waals surface area (Å²) in [7, 11) is 0. The minimum absolute atomic E-state index is 1.17. The summed E-state index contributed by atoms with van der Waals surface area (Å²) in [5, 5.41) is 5.71. The predicted octanol–water partition coefficient (Wildman–Crippen LogP) is 2.89. The van der Waals surface area contributed by atoms with Crippen LogP contribution in [0.15, 0.2) is 11.4 Å². The zero-order chi connectivity index (χ0) is 11.9. The molecule has 1 aromatic rings. The zero-order valence-electron chi connectivity index (χ0n) is 10.9. The number of hydrogen-bond donors (Lipinski definition) is 1. The summed E-state index contributed by atoms with van der Waals surface area (Å²) in [4.78, 5) is 4.22. The highest BCUT2D eigenvalue weighted by Crippen LogP contribution is 2.23. The van der Waals surface area contributed by atoms with Crippen LogP contribution in [0.2, 0.25) is 0 Å². The molecule has 1 aliphatic rings. The molecule has 17 heavy (non-hydrogen) atoms. The molecule has 2 nitrogen and oxygen atoms in total. The molecule has 2 rings (SSSR count). The maximum atomic E-state index is 3.47. The average molecular weight is 252 g/mol. The van der Waals surface area contributed by atoms with E-state index in [-0.39, 0.29) is 0 Å². The minimum atomic E-state index is 1.17. The number of nitrogens with zero attached hydrogens (tertiary/aromatic N) is 1. The molecular weight excluding hydrogens is 228 g/mol. The van der Waals surface area contributed by atoms with Crippen LogP contribution in [0.3, 0.4) is 0 Å². The maximum Gasteiger partial charge on any atom is 0.0244 e. The maximum absolute atomic E-state index is 3.47. The lowest BCUT2D eigenvalue weighted by molar-refractivity contribution is 0.250. The van der Waals surface area contributed by atoms with E-state index in [4.69, 9.17) is 0 Å². The third kappa shape index (κ3) is 4.09. The van der Waals surface area contributed by atoms with Gasteiger partial charge in [0.05, 0.1) is 0 Å². The van der Waals surface area contributed by atoms with Crippen LogP contribution in [0.4, 0.5) is 0 Å². The summed E-state index contributed by atoms with van der Waals surface area (Å²) in [5.74, 6) is 0. The number of hydrogen-bond acceptors (Lipinski definition) is 3. The van der Waals surface area contributed by atoms with Crippen molar-refractivity contribution in [2.75, 3.05) is 26.2 Å². The highest BCUT2D eigenvalue weighted by Gasteiger charge is 2.16. The molecule has 96 valence electrons. The first-order valence-electron chi connectivity index (χ1n) is 6.88. The number of nitrogens with one attached hydrogen (secondary N) is 1. The van der Waals surface area contributed by atoms with Gasteiger partial charge in [-0.3, -0.25) is 4.90 Å². The van der Waals surface area contributed by atoms with Crippen molar-refractivity contribution >= 4 is 11.3 Å². The Bertz CT molecular complexity index is 322. The smallest absolute Gasteiger partial charge is 0.0244 e.